The molecule has 27 heavy (non-hydrogen) atoms. The number of hydrogen-bond donors (Lipinski definition) is 1. The Bertz CT molecular complexity index is 1020. The van der Waals surface area contributed by atoms with Gasteiger partial charge in [0.1, 0.15) is 6.04 Å². The van der Waals surface area contributed by atoms with Gasteiger partial charge in [-0.2, -0.15) is 0 Å². The summed E-state index contributed by atoms with van der Waals surface area (Å²) in [5.74, 6) is 6.23. The van der Waals surface area contributed by atoms with Gasteiger partial charge in [0.15, 0.2) is 6.10 Å². The third-order valence-electron chi connectivity index (χ3n) is 4.25. The van der Waals surface area contributed by atoms with Crippen molar-refractivity contribution in [3.8, 4) is 11.8 Å². The number of ether oxygens (including phenoxy) is 1. The molecule has 0 saturated carbocycles. The molecule has 0 aliphatic carbocycles. The van der Waals surface area contributed by atoms with Crippen LogP contribution in [0.15, 0.2) is 73.1 Å². The first-order chi connectivity index (χ1) is 13.2. The molecule has 1 amide bonds. The van der Waals surface area contributed by atoms with E-state index in [1.165, 1.54) is 0 Å². The number of nitrogens with zero attached hydrogens (tertiary/aromatic N) is 1. The van der Waals surface area contributed by atoms with E-state index in [4.69, 9.17) is 16.3 Å². The highest BCUT2D eigenvalue weighted by atomic mass is 35.5. The number of benzene rings is 2. The molecule has 1 aromatic heterocycles. The molecule has 5 heteroatoms. The maximum absolute atomic E-state index is 11.9. The number of alkyl carbamates (subject to hydrolysis) is 1. The van der Waals surface area contributed by atoms with E-state index in [9.17, 15) is 4.79 Å². The molecular formula is C22H15ClN2O2. The van der Waals surface area contributed by atoms with Crippen LogP contribution in [0.5, 0.6) is 0 Å². The molecule has 1 saturated heterocycles. The first-order valence-electron chi connectivity index (χ1n) is 8.44. The first-order valence-corrected chi connectivity index (χ1v) is 8.81. The topological polar surface area (TPSA) is 51.2 Å². The summed E-state index contributed by atoms with van der Waals surface area (Å²) >= 11 is 5.96. The second kappa shape index (κ2) is 7.53. The van der Waals surface area contributed by atoms with Crippen LogP contribution in [-0.4, -0.2) is 11.1 Å². The van der Waals surface area contributed by atoms with E-state index < -0.39 is 12.2 Å². The number of nitrogens with one attached hydrogen (secondary N) is 1. The fraction of sp³-hybridized carbons (Fsp3) is 0.0909. The zero-order chi connectivity index (χ0) is 18.6. The highest BCUT2D eigenvalue weighted by Gasteiger charge is 2.36. The highest BCUT2D eigenvalue weighted by Crippen LogP contribution is 2.36. The second-order valence-corrected chi connectivity index (χ2v) is 6.56. The van der Waals surface area contributed by atoms with Crippen molar-refractivity contribution in [1.29, 1.82) is 0 Å². The Morgan fingerprint density at radius 2 is 1.67 bits per heavy atom. The van der Waals surface area contributed by atoms with Gasteiger partial charge < -0.3 is 10.1 Å². The van der Waals surface area contributed by atoms with Gasteiger partial charge in [0, 0.05) is 28.5 Å². The van der Waals surface area contributed by atoms with Gasteiger partial charge in [0.2, 0.25) is 0 Å². The molecule has 132 valence electrons. The van der Waals surface area contributed by atoms with E-state index >= 15 is 0 Å². The third kappa shape index (κ3) is 3.94. The third-order valence-corrected chi connectivity index (χ3v) is 4.50. The Morgan fingerprint density at radius 3 is 2.44 bits per heavy atom. The quantitative estimate of drug-likeness (QED) is 0.664. The van der Waals surface area contributed by atoms with Crippen LogP contribution in [0.25, 0.3) is 0 Å². The number of rotatable bonds is 2. The Morgan fingerprint density at radius 1 is 0.926 bits per heavy atom. The van der Waals surface area contributed by atoms with Crippen molar-refractivity contribution >= 4 is 17.7 Å². The molecule has 1 aliphatic heterocycles. The van der Waals surface area contributed by atoms with E-state index in [0.717, 1.165) is 22.3 Å². The number of pyridine rings is 1. The number of cyclic esters (lactones) is 1. The Balaban J connectivity index is 1.63. The van der Waals surface area contributed by atoms with E-state index in [-0.39, 0.29) is 6.04 Å². The van der Waals surface area contributed by atoms with Crippen LogP contribution in [0, 0.1) is 11.8 Å². The van der Waals surface area contributed by atoms with Gasteiger partial charge in [0.25, 0.3) is 0 Å². The molecule has 4 nitrogen and oxygen atoms in total. The Hall–Kier alpha value is -3.29. The summed E-state index contributed by atoms with van der Waals surface area (Å²) < 4.78 is 5.47. The van der Waals surface area contributed by atoms with Crippen molar-refractivity contribution in [1.82, 2.24) is 10.3 Å². The minimum atomic E-state index is -0.458. The zero-order valence-electron chi connectivity index (χ0n) is 14.2. The van der Waals surface area contributed by atoms with Gasteiger partial charge in [-0.05, 0) is 41.5 Å². The van der Waals surface area contributed by atoms with E-state index in [2.05, 4.69) is 22.1 Å². The molecule has 1 unspecified atom stereocenters. The van der Waals surface area contributed by atoms with Crippen LogP contribution in [0.1, 0.15) is 34.4 Å². The molecule has 0 bridgehead atoms. The minimum Gasteiger partial charge on any atom is -0.439 e. The van der Waals surface area contributed by atoms with E-state index in [1.807, 2.05) is 48.5 Å². The van der Waals surface area contributed by atoms with Crippen LogP contribution in [-0.2, 0) is 4.74 Å². The number of hydrogen-bond acceptors (Lipinski definition) is 3. The maximum atomic E-state index is 11.9. The molecule has 0 radical (unpaired) electrons. The predicted octanol–water partition coefficient (Wildman–Crippen LogP) is 4.66. The van der Waals surface area contributed by atoms with Crippen LogP contribution in [0.2, 0.25) is 5.02 Å². The molecule has 3 aromatic rings. The number of aromatic nitrogens is 1. The fourth-order valence-electron chi connectivity index (χ4n) is 2.95. The maximum Gasteiger partial charge on any atom is 0.408 e. The van der Waals surface area contributed by atoms with Crippen molar-refractivity contribution in [3.05, 3.63) is 100 Å². The predicted molar refractivity (Wildman–Crippen MR) is 103 cm³/mol. The lowest BCUT2D eigenvalue weighted by Gasteiger charge is -2.17. The fourth-order valence-corrected chi connectivity index (χ4v) is 3.08. The van der Waals surface area contributed by atoms with E-state index in [0.29, 0.717) is 5.02 Å². The summed E-state index contributed by atoms with van der Waals surface area (Å²) in [7, 11) is 0. The largest absolute Gasteiger partial charge is 0.439 e. The van der Waals surface area contributed by atoms with Gasteiger partial charge in [-0.1, -0.05) is 53.8 Å². The lowest BCUT2D eigenvalue weighted by molar-refractivity contribution is 0.132. The van der Waals surface area contributed by atoms with Gasteiger partial charge in [-0.25, -0.2) is 4.79 Å². The number of carbonyl (C=O) groups is 1. The zero-order valence-corrected chi connectivity index (χ0v) is 15.0. The van der Waals surface area contributed by atoms with Crippen molar-refractivity contribution in [2.24, 2.45) is 0 Å². The van der Waals surface area contributed by atoms with Crippen molar-refractivity contribution in [2.75, 3.05) is 0 Å². The molecule has 0 spiro atoms. The SMILES string of the molecule is O=C1NC(c2cncc(C#Cc3ccccc3)c2)[C@H](c2ccc(Cl)cc2)O1. The lowest BCUT2D eigenvalue weighted by atomic mass is 9.97. The van der Waals surface area contributed by atoms with Gasteiger partial charge in [0.05, 0.1) is 0 Å². The van der Waals surface area contributed by atoms with E-state index in [1.54, 1.807) is 24.5 Å². The number of amides is 1. The second-order valence-electron chi connectivity index (χ2n) is 6.12. The number of halogens is 1. The summed E-state index contributed by atoms with van der Waals surface area (Å²) in [4.78, 5) is 16.1. The summed E-state index contributed by atoms with van der Waals surface area (Å²) in [5.41, 5.74) is 3.40. The highest BCUT2D eigenvalue weighted by molar-refractivity contribution is 6.30. The standard InChI is InChI=1S/C22H15ClN2O2/c23-19-10-8-17(9-11-19)21-20(25-22(26)27-21)18-12-16(13-24-14-18)7-6-15-4-2-1-3-5-15/h1-5,8-14,20-21H,(H,25,26)/t20?,21-/m0/s1. The van der Waals surface area contributed by atoms with Crippen molar-refractivity contribution < 1.29 is 9.53 Å². The summed E-state index contributed by atoms with van der Waals surface area (Å²) in [6, 6.07) is 18.6. The summed E-state index contributed by atoms with van der Waals surface area (Å²) in [5, 5.41) is 3.48. The Kier molecular flexibility index (Phi) is 4.78. The molecule has 2 heterocycles. The first kappa shape index (κ1) is 17.1. The molecule has 4 rings (SSSR count). The van der Waals surface area contributed by atoms with Crippen LogP contribution < -0.4 is 5.32 Å². The smallest absolute Gasteiger partial charge is 0.408 e. The minimum absolute atomic E-state index is 0.343. The van der Waals surface area contributed by atoms with Crippen LogP contribution in [0.3, 0.4) is 0 Å². The average molecular weight is 375 g/mol. The number of carbonyl (C=O) groups excluding carboxylic acids is 1. The summed E-state index contributed by atoms with van der Waals surface area (Å²) in [6.07, 6.45) is 2.51. The van der Waals surface area contributed by atoms with Crippen LogP contribution >= 0.6 is 11.6 Å². The lowest BCUT2D eigenvalue weighted by Crippen LogP contribution is -2.19. The molecule has 2 aromatic carbocycles. The Labute approximate surface area is 162 Å². The molecule has 1 fully saturated rings. The molecule has 1 aliphatic rings. The molecule has 2 atom stereocenters. The van der Waals surface area contributed by atoms with Crippen LogP contribution in [0.4, 0.5) is 4.79 Å². The average Bonchev–Trinajstić information content (AvgIpc) is 3.10. The van der Waals surface area contributed by atoms with Gasteiger partial charge in [-0.3, -0.25) is 4.98 Å². The van der Waals surface area contributed by atoms with Crippen molar-refractivity contribution in [3.63, 3.8) is 0 Å². The molecular weight excluding hydrogens is 360 g/mol. The van der Waals surface area contributed by atoms with Gasteiger partial charge >= 0.3 is 6.09 Å². The normalized spacial score (nSPS) is 18.2. The monoisotopic (exact) mass is 374 g/mol. The molecule has 1 N–H and O–H groups in total. The van der Waals surface area contributed by atoms with Gasteiger partial charge in [-0.15, -0.1) is 0 Å². The summed E-state index contributed by atoms with van der Waals surface area (Å²) in [6.45, 7) is 0. The van der Waals surface area contributed by atoms with Crippen molar-refractivity contribution in [2.45, 2.75) is 12.1 Å².